The fourth-order valence-electron chi connectivity index (χ4n) is 5.77. The van der Waals surface area contributed by atoms with E-state index < -0.39 is 5.54 Å². The molecule has 1 aromatic carbocycles. The fourth-order valence-corrected chi connectivity index (χ4v) is 5.89. The van der Waals surface area contributed by atoms with Crippen molar-refractivity contribution < 1.29 is 14.0 Å². The minimum atomic E-state index is -0.929. The second-order valence-electron chi connectivity index (χ2n) is 10.3. The number of halogens is 1. The molecule has 0 radical (unpaired) electrons. The van der Waals surface area contributed by atoms with Crippen molar-refractivity contribution in [1.82, 2.24) is 10.2 Å². The van der Waals surface area contributed by atoms with Gasteiger partial charge < -0.3 is 14.6 Å². The van der Waals surface area contributed by atoms with Crippen LogP contribution in [0.2, 0.25) is 5.02 Å². The lowest BCUT2D eigenvalue weighted by molar-refractivity contribution is -0.148. The van der Waals surface area contributed by atoms with E-state index in [1.165, 1.54) is 12.8 Å². The Kier molecular flexibility index (Phi) is 8.95. The van der Waals surface area contributed by atoms with Gasteiger partial charge in [-0.2, -0.15) is 0 Å². The van der Waals surface area contributed by atoms with Crippen LogP contribution in [-0.4, -0.2) is 28.3 Å². The molecule has 0 spiro atoms. The highest BCUT2D eigenvalue weighted by molar-refractivity contribution is 6.30. The quantitative estimate of drug-likeness (QED) is 0.366. The number of hydrogen-bond acceptors (Lipinski definition) is 3. The van der Waals surface area contributed by atoms with Crippen LogP contribution < -0.4 is 5.32 Å². The molecule has 36 heavy (non-hydrogen) atoms. The number of nitrogens with one attached hydrogen (secondary N) is 1. The number of rotatable bonds is 9. The molecule has 6 heteroatoms. The molecule has 1 unspecified atom stereocenters. The van der Waals surface area contributed by atoms with Crippen LogP contribution in [0.5, 0.6) is 0 Å². The molecule has 4 rings (SSSR count). The molecule has 1 atom stereocenters. The predicted molar refractivity (Wildman–Crippen MR) is 145 cm³/mol. The molecule has 1 aromatic heterocycles. The summed E-state index contributed by atoms with van der Waals surface area (Å²) >= 11 is 6.14. The first kappa shape index (κ1) is 26.5. The summed E-state index contributed by atoms with van der Waals surface area (Å²) in [5, 5.41) is 4.04. The average Bonchev–Trinajstić information content (AvgIpc) is 3.22. The number of furan rings is 1. The zero-order valence-corrected chi connectivity index (χ0v) is 22.4. The summed E-state index contributed by atoms with van der Waals surface area (Å²) in [4.78, 5) is 30.2. The van der Waals surface area contributed by atoms with Gasteiger partial charge in [-0.3, -0.25) is 9.59 Å². The Morgan fingerprint density at radius 2 is 1.78 bits per heavy atom. The van der Waals surface area contributed by atoms with Gasteiger partial charge in [0.15, 0.2) is 0 Å². The normalized spacial score (nSPS) is 17.9. The molecule has 2 amide bonds. The van der Waals surface area contributed by atoms with Gasteiger partial charge in [0.2, 0.25) is 5.91 Å². The Morgan fingerprint density at radius 1 is 1.06 bits per heavy atom. The summed E-state index contributed by atoms with van der Waals surface area (Å²) in [5.41, 5.74) is 1.85. The van der Waals surface area contributed by atoms with Crippen molar-refractivity contribution in [1.29, 1.82) is 0 Å². The molecule has 1 fully saturated rings. The number of fused-ring (bicyclic) bond motifs is 1. The van der Waals surface area contributed by atoms with E-state index in [1.807, 2.05) is 48.2 Å². The molecular formula is C30H39ClN2O3. The summed E-state index contributed by atoms with van der Waals surface area (Å²) < 4.78 is 5.63. The van der Waals surface area contributed by atoms with E-state index in [-0.39, 0.29) is 17.9 Å². The SMILES string of the molecule is CCCC(CC)(C(=O)NC1CCCCCC1)N(Cc1ccc(Cl)cc1)C(=O)C1=Cc2occc2CC1. The first-order chi connectivity index (χ1) is 17.5. The number of nitrogens with zero attached hydrogens (tertiary/aromatic N) is 1. The second kappa shape index (κ2) is 12.1. The van der Waals surface area contributed by atoms with Crippen LogP contribution in [0.1, 0.15) is 94.9 Å². The van der Waals surface area contributed by atoms with Gasteiger partial charge in [-0.1, -0.05) is 69.7 Å². The summed E-state index contributed by atoms with van der Waals surface area (Å²) in [6, 6.07) is 9.71. The molecule has 0 bridgehead atoms. The highest BCUT2D eigenvalue weighted by atomic mass is 35.5. The molecule has 194 valence electrons. The predicted octanol–water partition coefficient (Wildman–Crippen LogP) is 7.08. The van der Waals surface area contributed by atoms with Gasteiger partial charge in [0, 0.05) is 23.2 Å². The zero-order valence-electron chi connectivity index (χ0n) is 21.7. The maximum absolute atomic E-state index is 14.2. The Hall–Kier alpha value is -2.53. The Bertz CT molecular complexity index is 1070. The molecule has 2 aliphatic carbocycles. The lowest BCUT2D eigenvalue weighted by atomic mass is 9.84. The third-order valence-electron chi connectivity index (χ3n) is 7.90. The van der Waals surface area contributed by atoms with E-state index in [9.17, 15) is 9.59 Å². The number of hydrogen-bond donors (Lipinski definition) is 1. The molecule has 1 saturated carbocycles. The second-order valence-corrected chi connectivity index (χ2v) is 10.7. The maximum atomic E-state index is 14.2. The van der Waals surface area contributed by atoms with Gasteiger partial charge in [0.25, 0.3) is 5.91 Å². The third-order valence-corrected chi connectivity index (χ3v) is 8.15. The van der Waals surface area contributed by atoms with Crippen molar-refractivity contribution in [2.45, 2.75) is 103 Å². The van der Waals surface area contributed by atoms with E-state index >= 15 is 0 Å². The van der Waals surface area contributed by atoms with Crippen LogP contribution in [0.3, 0.4) is 0 Å². The average molecular weight is 511 g/mol. The molecule has 1 N–H and O–H groups in total. The van der Waals surface area contributed by atoms with Gasteiger partial charge in [0.1, 0.15) is 11.3 Å². The molecule has 0 saturated heterocycles. The zero-order chi connectivity index (χ0) is 25.5. The molecule has 0 aliphatic heterocycles. The van der Waals surface area contributed by atoms with E-state index in [2.05, 4.69) is 12.2 Å². The van der Waals surface area contributed by atoms with Crippen LogP contribution in [0.15, 0.2) is 46.6 Å². The van der Waals surface area contributed by atoms with E-state index in [0.29, 0.717) is 36.4 Å². The standard InChI is InChI=1S/C30H39ClN2O3/c1-3-18-30(4-2,29(35)32-26-9-7-5-6-8-10-26)33(21-22-11-15-25(31)16-12-22)28(34)24-14-13-23-17-19-36-27(23)20-24/h11-12,15-17,19-20,26H,3-10,13-14,18,21H2,1-2H3,(H,32,35). The summed E-state index contributed by atoms with van der Waals surface area (Å²) in [7, 11) is 0. The minimum Gasteiger partial charge on any atom is -0.465 e. The molecule has 2 aliphatic rings. The van der Waals surface area contributed by atoms with Crippen LogP contribution in [0.25, 0.3) is 6.08 Å². The van der Waals surface area contributed by atoms with Gasteiger partial charge in [-0.25, -0.2) is 0 Å². The summed E-state index contributed by atoms with van der Waals surface area (Å²) in [5.74, 6) is 0.644. The fraction of sp³-hybridized carbons (Fsp3) is 0.533. The number of benzene rings is 1. The van der Waals surface area contributed by atoms with E-state index in [4.69, 9.17) is 16.0 Å². The smallest absolute Gasteiger partial charge is 0.251 e. The highest BCUT2D eigenvalue weighted by Crippen LogP contribution is 2.34. The Morgan fingerprint density at radius 3 is 2.44 bits per heavy atom. The third kappa shape index (κ3) is 5.88. The Balaban J connectivity index is 1.70. The van der Waals surface area contributed by atoms with E-state index in [1.54, 1.807) is 6.26 Å². The van der Waals surface area contributed by atoms with Gasteiger partial charge in [0.05, 0.1) is 6.26 Å². The minimum absolute atomic E-state index is 0.0174. The van der Waals surface area contributed by atoms with Crippen molar-refractivity contribution in [2.75, 3.05) is 0 Å². The lowest BCUT2D eigenvalue weighted by Gasteiger charge is -2.44. The van der Waals surface area contributed by atoms with Crippen LogP contribution in [0, 0.1) is 0 Å². The molecular weight excluding hydrogens is 472 g/mol. The molecule has 5 nitrogen and oxygen atoms in total. The monoisotopic (exact) mass is 510 g/mol. The van der Waals surface area contributed by atoms with Crippen LogP contribution in [0.4, 0.5) is 0 Å². The van der Waals surface area contributed by atoms with Gasteiger partial charge >= 0.3 is 0 Å². The largest absolute Gasteiger partial charge is 0.465 e. The van der Waals surface area contributed by atoms with Crippen molar-refractivity contribution in [3.05, 3.63) is 64.1 Å². The number of aryl methyl sites for hydroxylation is 1. The van der Waals surface area contributed by atoms with Crippen molar-refractivity contribution in [2.24, 2.45) is 0 Å². The summed E-state index contributed by atoms with van der Waals surface area (Å²) in [6.45, 7) is 4.47. The maximum Gasteiger partial charge on any atom is 0.251 e. The van der Waals surface area contributed by atoms with Gasteiger partial charge in [-0.05, 0) is 73.9 Å². The lowest BCUT2D eigenvalue weighted by Crippen LogP contribution is -2.61. The topological polar surface area (TPSA) is 62.6 Å². The van der Waals surface area contributed by atoms with Gasteiger partial charge in [-0.15, -0.1) is 0 Å². The highest BCUT2D eigenvalue weighted by Gasteiger charge is 2.45. The molecule has 2 aromatic rings. The first-order valence-corrected chi connectivity index (χ1v) is 14.0. The Labute approximate surface area is 220 Å². The summed E-state index contributed by atoms with van der Waals surface area (Å²) in [6.07, 6.45) is 13.7. The number of carbonyl (C=O) groups excluding carboxylic acids is 2. The van der Waals surface area contributed by atoms with Crippen molar-refractivity contribution in [3.8, 4) is 0 Å². The molecule has 1 heterocycles. The number of amides is 2. The van der Waals surface area contributed by atoms with Crippen LogP contribution in [-0.2, 0) is 22.6 Å². The first-order valence-electron chi connectivity index (χ1n) is 13.6. The van der Waals surface area contributed by atoms with Crippen molar-refractivity contribution in [3.63, 3.8) is 0 Å². The van der Waals surface area contributed by atoms with Crippen molar-refractivity contribution >= 4 is 29.5 Å². The van der Waals surface area contributed by atoms with E-state index in [0.717, 1.165) is 55.4 Å². The van der Waals surface area contributed by atoms with Crippen LogP contribution >= 0.6 is 11.6 Å². The number of carbonyl (C=O) groups is 2.